The number of nitrogens with zero attached hydrogens (tertiary/aromatic N) is 3. The van der Waals surface area contributed by atoms with Crippen molar-refractivity contribution in [1.82, 2.24) is 19.8 Å². The van der Waals surface area contributed by atoms with E-state index >= 15 is 0 Å². The van der Waals surface area contributed by atoms with Gasteiger partial charge in [-0.25, -0.2) is 4.98 Å². The maximum atomic E-state index is 12.5. The van der Waals surface area contributed by atoms with E-state index in [1.807, 2.05) is 11.6 Å². The van der Waals surface area contributed by atoms with E-state index in [-0.39, 0.29) is 17.7 Å². The fraction of sp³-hybridized carbons (Fsp3) is 0.667. The van der Waals surface area contributed by atoms with Crippen molar-refractivity contribution in [2.75, 3.05) is 13.1 Å². The first-order valence-corrected chi connectivity index (χ1v) is 7.59. The standard InChI is InChI=1S/C15H22N4O2/c1-10(20)19-7-12(14-13(8-19)17-9-18(14)2)15(21)16-6-11-4-3-5-11/h9,11-12H,3-8H2,1-2H3,(H,16,21)/t12-/m0/s1. The molecule has 2 heterocycles. The second kappa shape index (κ2) is 5.50. The van der Waals surface area contributed by atoms with E-state index in [0.717, 1.165) is 17.9 Å². The summed E-state index contributed by atoms with van der Waals surface area (Å²) in [4.78, 5) is 30.2. The lowest BCUT2D eigenvalue weighted by molar-refractivity contribution is -0.131. The van der Waals surface area contributed by atoms with Crippen LogP contribution in [0.3, 0.4) is 0 Å². The van der Waals surface area contributed by atoms with Crippen molar-refractivity contribution in [3.8, 4) is 0 Å². The zero-order valence-corrected chi connectivity index (χ0v) is 12.6. The summed E-state index contributed by atoms with van der Waals surface area (Å²) in [5, 5.41) is 3.05. The Bertz CT molecular complexity index is 562. The molecule has 0 saturated heterocycles. The molecule has 0 spiro atoms. The van der Waals surface area contributed by atoms with E-state index in [9.17, 15) is 9.59 Å². The summed E-state index contributed by atoms with van der Waals surface area (Å²) >= 11 is 0. The highest BCUT2D eigenvalue weighted by atomic mass is 16.2. The van der Waals surface area contributed by atoms with Crippen LogP contribution in [0.5, 0.6) is 0 Å². The first-order valence-electron chi connectivity index (χ1n) is 7.59. The average Bonchev–Trinajstić information content (AvgIpc) is 2.77. The number of nitrogens with one attached hydrogen (secondary N) is 1. The molecule has 0 radical (unpaired) electrons. The Morgan fingerprint density at radius 2 is 2.19 bits per heavy atom. The molecular weight excluding hydrogens is 268 g/mol. The molecule has 1 aromatic rings. The Labute approximate surface area is 124 Å². The van der Waals surface area contributed by atoms with Crippen LogP contribution in [0.15, 0.2) is 6.33 Å². The first-order chi connectivity index (χ1) is 10.1. The van der Waals surface area contributed by atoms with Crippen molar-refractivity contribution in [3.05, 3.63) is 17.7 Å². The number of rotatable bonds is 3. The summed E-state index contributed by atoms with van der Waals surface area (Å²) in [5.41, 5.74) is 1.78. The Morgan fingerprint density at radius 1 is 1.43 bits per heavy atom. The third-order valence-electron chi connectivity index (χ3n) is 4.69. The molecule has 6 heteroatoms. The van der Waals surface area contributed by atoms with Crippen LogP contribution < -0.4 is 5.32 Å². The monoisotopic (exact) mass is 290 g/mol. The van der Waals surface area contributed by atoms with Crippen molar-refractivity contribution in [3.63, 3.8) is 0 Å². The van der Waals surface area contributed by atoms with Gasteiger partial charge in [0.15, 0.2) is 0 Å². The van der Waals surface area contributed by atoms with Gasteiger partial charge in [0.2, 0.25) is 11.8 Å². The van der Waals surface area contributed by atoms with Crippen LogP contribution in [0, 0.1) is 5.92 Å². The molecule has 0 aromatic carbocycles. The number of hydrogen-bond donors (Lipinski definition) is 1. The molecule has 1 aliphatic heterocycles. The second-order valence-electron chi connectivity index (χ2n) is 6.18. The molecule has 3 rings (SSSR count). The van der Waals surface area contributed by atoms with Gasteiger partial charge < -0.3 is 14.8 Å². The molecule has 1 N–H and O–H groups in total. The zero-order valence-electron chi connectivity index (χ0n) is 12.6. The van der Waals surface area contributed by atoms with Crippen molar-refractivity contribution >= 4 is 11.8 Å². The molecule has 1 aliphatic carbocycles. The molecule has 1 aromatic heterocycles. The van der Waals surface area contributed by atoms with Crippen molar-refractivity contribution in [1.29, 1.82) is 0 Å². The normalized spacial score (nSPS) is 21.6. The van der Waals surface area contributed by atoms with Crippen LogP contribution in [0.4, 0.5) is 0 Å². The molecule has 6 nitrogen and oxygen atoms in total. The Hall–Kier alpha value is -1.85. The number of aromatic nitrogens is 2. The summed E-state index contributed by atoms with van der Waals surface area (Å²) in [5.74, 6) is 0.318. The Balaban J connectivity index is 1.76. The lowest BCUT2D eigenvalue weighted by Gasteiger charge is -2.32. The fourth-order valence-corrected chi connectivity index (χ4v) is 3.12. The SMILES string of the molecule is CC(=O)N1Cc2ncn(C)c2[C@@H](C(=O)NCC2CCC2)C1. The number of imidazole rings is 1. The highest BCUT2D eigenvalue weighted by Gasteiger charge is 2.35. The molecular formula is C15H22N4O2. The van der Waals surface area contributed by atoms with Crippen LogP contribution in [0.1, 0.15) is 43.5 Å². The molecule has 114 valence electrons. The number of hydrogen-bond acceptors (Lipinski definition) is 3. The minimum Gasteiger partial charge on any atom is -0.355 e. The van der Waals surface area contributed by atoms with E-state index in [0.29, 0.717) is 19.0 Å². The molecule has 0 unspecified atom stereocenters. The molecule has 1 fully saturated rings. The summed E-state index contributed by atoms with van der Waals surface area (Å²) < 4.78 is 1.90. The van der Waals surface area contributed by atoms with E-state index in [2.05, 4.69) is 10.3 Å². The number of aryl methyl sites for hydroxylation is 1. The van der Waals surface area contributed by atoms with Crippen LogP contribution in [0.25, 0.3) is 0 Å². The quantitative estimate of drug-likeness (QED) is 0.894. The van der Waals surface area contributed by atoms with Gasteiger partial charge in [-0.15, -0.1) is 0 Å². The predicted molar refractivity (Wildman–Crippen MR) is 77.4 cm³/mol. The van der Waals surface area contributed by atoms with Gasteiger partial charge in [0, 0.05) is 27.1 Å². The van der Waals surface area contributed by atoms with Gasteiger partial charge in [-0.2, -0.15) is 0 Å². The third kappa shape index (κ3) is 2.66. The van der Waals surface area contributed by atoms with E-state index < -0.39 is 0 Å². The maximum absolute atomic E-state index is 12.5. The number of fused-ring (bicyclic) bond motifs is 1. The lowest BCUT2D eigenvalue weighted by Crippen LogP contribution is -2.45. The van der Waals surface area contributed by atoms with Gasteiger partial charge in [-0.05, 0) is 18.8 Å². The summed E-state index contributed by atoms with van der Waals surface area (Å²) in [7, 11) is 1.90. The maximum Gasteiger partial charge on any atom is 0.230 e. The highest BCUT2D eigenvalue weighted by Crippen LogP contribution is 2.29. The van der Waals surface area contributed by atoms with Gasteiger partial charge in [0.25, 0.3) is 0 Å². The van der Waals surface area contributed by atoms with Crippen molar-refractivity contribution in [2.45, 2.75) is 38.6 Å². The minimum atomic E-state index is -0.315. The predicted octanol–water partition coefficient (Wildman–Crippen LogP) is 0.782. The number of carbonyl (C=O) groups excluding carboxylic acids is 2. The first kappa shape index (κ1) is 14.1. The number of carbonyl (C=O) groups is 2. The van der Waals surface area contributed by atoms with Crippen LogP contribution in [-0.4, -0.2) is 39.4 Å². The Kier molecular flexibility index (Phi) is 3.69. The molecule has 1 atom stereocenters. The zero-order chi connectivity index (χ0) is 15.0. The second-order valence-corrected chi connectivity index (χ2v) is 6.18. The molecule has 1 saturated carbocycles. The minimum absolute atomic E-state index is 0.0110. The molecule has 2 amide bonds. The van der Waals surface area contributed by atoms with Crippen LogP contribution in [-0.2, 0) is 23.2 Å². The van der Waals surface area contributed by atoms with Gasteiger partial charge >= 0.3 is 0 Å². The molecule has 0 bridgehead atoms. The summed E-state index contributed by atoms with van der Waals surface area (Å²) in [6.07, 6.45) is 5.41. The fourth-order valence-electron chi connectivity index (χ4n) is 3.12. The smallest absolute Gasteiger partial charge is 0.230 e. The van der Waals surface area contributed by atoms with Crippen molar-refractivity contribution in [2.24, 2.45) is 13.0 Å². The third-order valence-corrected chi connectivity index (χ3v) is 4.69. The van der Waals surface area contributed by atoms with Gasteiger partial charge in [-0.1, -0.05) is 6.42 Å². The largest absolute Gasteiger partial charge is 0.355 e. The van der Waals surface area contributed by atoms with Crippen molar-refractivity contribution < 1.29 is 9.59 Å². The van der Waals surface area contributed by atoms with E-state index in [4.69, 9.17) is 0 Å². The van der Waals surface area contributed by atoms with Gasteiger partial charge in [0.05, 0.1) is 30.2 Å². The van der Waals surface area contributed by atoms with E-state index in [1.54, 1.807) is 11.2 Å². The van der Waals surface area contributed by atoms with Gasteiger partial charge in [0.1, 0.15) is 0 Å². The topological polar surface area (TPSA) is 67.2 Å². The summed E-state index contributed by atoms with van der Waals surface area (Å²) in [6, 6.07) is 0. The Morgan fingerprint density at radius 3 is 2.81 bits per heavy atom. The highest BCUT2D eigenvalue weighted by molar-refractivity contribution is 5.85. The lowest BCUT2D eigenvalue weighted by atomic mass is 9.85. The van der Waals surface area contributed by atoms with Crippen LogP contribution in [0.2, 0.25) is 0 Å². The molecule has 21 heavy (non-hydrogen) atoms. The number of amides is 2. The summed E-state index contributed by atoms with van der Waals surface area (Å²) in [6.45, 7) is 3.23. The van der Waals surface area contributed by atoms with Gasteiger partial charge in [-0.3, -0.25) is 9.59 Å². The molecule has 2 aliphatic rings. The van der Waals surface area contributed by atoms with Crippen LogP contribution >= 0.6 is 0 Å². The average molecular weight is 290 g/mol. The van der Waals surface area contributed by atoms with E-state index in [1.165, 1.54) is 26.2 Å².